The second-order valence-electron chi connectivity index (χ2n) is 7.07. The predicted octanol–water partition coefficient (Wildman–Crippen LogP) is 3.78. The number of rotatable bonds is 6. The molecule has 0 unspecified atom stereocenters. The number of imidazole rings is 1. The highest BCUT2D eigenvalue weighted by Gasteiger charge is 2.12. The number of amides is 1. The molecule has 2 heterocycles. The van der Waals surface area contributed by atoms with Crippen LogP contribution < -0.4 is 5.32 Å². The van der Waals surface area contributed by atoms with E-state index in [9.17, 15) is 4.79 Å². The van der Waals surface area contributed by atoms with E-state index >= 15 is 0 Å². The van der Waals surface area contributed by atoms with Gasteiger partial charge < -0.3 is 9.88 Å². The maximum absolute atomic E-state index is 12.6. The maximum Gasteiger partial charge on any atom is 0.255 e. The van der Waals surface area contributed by atoms with Crippen molar-refractivity contribution in [2.45, 2.75) is 25.9 Å². The normalized spacial score (nSPS) is 14.4. The third kappa shape index (κ3) is 4.63. The molecule has 27 heavy (non-hydrogen) atoms. The van der Waals surface area contributed by atoms with Gasteiger partial charge in [-0.05, 0) is 61.3 Å². The molecule has 1 saturated heterocycles. The number of nitrogens with zero attached hydrogens (tertiary/aromatic N) is 3. The zero-order chi connectivity index (χ0) is 18.5. The minimum atomic E-state index is -0.0810. The Morgan fingerprint density at radius 2 is 1.81 bits per heavy atom. The molecule has 0 saturated carbocycles. The lowest BCUT2D eigenvalue weighted by atomic mass is 10.1. The summed E-state index contributed by atoms with van der Waals surface area (Å²) in [5.74, 6) is -0.0810. The van der Waals surface area contributed by atoms with Crippen LogP contribution in [-0.2, 0) is 13.1 Å². The van der Waals surface area contributed by atoms with Gasteiger partial charge in [-0.3, -0.25) is 9.69 Å². The summed E-state index contributed by atoms with van der Waals surface area (Å²) in [6.07, 6.45) is 8.05. The second-order valence-corrected chi connectivity index (χ2v) is 7.07. The van der Waals surface area contributed by atoms with Gasteiger partial charge in [-0.1, -0.05) is 24.3 Å². The molecule has 4 rings (SSSR count). The van der Waals surface area contributed by atoms with Gasteiger partial charge in [0.05, 0.1) is 6.33 Å². The summed E-state index contributed by atoms with van der Waals surface area (Å²) in [6.45, 7) is 4.04. The molecule has 3 aromatic rings. The average Bonchev–Trinajstić information content (AvgIpc) is 3.37. The van der Waals surface area contributed by atoms with Gasteiger partial charge in [0.2, 0.25) is 0 Å². The number of benzene rings is 2. The molecular weight excluding hydrogens is 336 g/mol. The van der Waals surface area contributed by atoms with Crippen LogP contribution in [0.15, 0.2) is 67.3 Å². The first kappa shape index (κ1) is 17.5. The Morgan fingerprint density at radius 3 is 2.56 bits per heavy atom. The maximum atomic E-state index is 12.6. The number of likely N-dealkylation sites (tertiary alicyclic amines) is 1. The Balaban J connectivity index is 1.38. The van der Waals surface area contributed by atoms with Gasteiger partial charge in [-0.25, -0.2) is 4.98 Å². The van der Waals surface area contributed by atoms with Gasteiger partial charge >= 0.3 is 0 Å². The minimum Gasteiger partial charge on any atom is -0.333 e. The fraction of sp³-hybridized carbons (Fsp3) is 0.273. The van der Waals surface area contributed by atoms with Gasteiger partial charge in [-0.15, -0.1) is 0 Å². The summed E-state index contributed by atoms with van der Waals surface area (Å²) in [4.78, 5) is 19.1. The molecule has 1 amide bonds. The zero-order valence-corrected chi connectivity index (χ0v) is 15.3. The Hall–Kier alpha value is -2.92. The molecule has 1 aliphatic rings. The van der Waals surface area contributed by atoms with Gasteiger partial charge in [0, 0.05) is 36.7 Å². The molecule has 0 spiro atoms. The van der Waals surface area contributed by atoms with E-state index in [4.69, 9.17) is 0 Å². The van der Waals surface area contributed by atoms with Crippen molar-refractivity contribution in [1.29, 1.82) is 0 Å². The van der Waals surface area contributed by atoms with E-state index in [1.165, 1.54) is 31.5 Å². The number of aromatic nitrogens is 2. The third-order valence-corrected chi connectivity index (χ3v) is 4.93. The monoisotopic (exact) mass is 360 g/mol. The summed E-state index contributed by atoms with van der Waals surface area (Å²) in [5.41, 5.74) is 3.89. The number of hydrogen-bond acceptors (Lipinski definition) is 3. The fourth-order valence-electron chi connectivity index (χ4n) is 3.50. The van der Waals surface area contributed by atoms with Crippen LogP contribution in [0.3, 0.4) is 0 Å². The summed E-state index contributed by atoms with van der Waals surface area (Å²) in [7, 11) is 0. The molecule has 0 aliphatic carbocycles. The molecular formula is C22H24N4O. The van der Waals surface area contributed by atoms with Gasteiger partial charge in [0.25, 0.3) is 5.91 Å². The van der Waals surface area contributed by atoms with Gasteiger partial charge in [-0.2, -0.15) is 0 Å². The summed E-state index contributed by atoms with van der Waals surface area (Å²) in [6, 6.07) is 15.9. The molecule has 1 aliphatic heterocycles. The minimum absolute atomic E-state index is 0.0810. The number of carbonyl (C=O) groups excluding carboxylic acids is 1. The topological polar surface area (TPSA) is 50.2 Å². The van der Waals surface area contributed by atoms with Crippen molar-refractivity contribution in [3.63, 3.8) is 0 Å². The molecule has 138 valence electrons. The van der Waals surface area contributed by atoms with E-state index in [1.807, 2.05) is 47.2 Å². The van der Waals surface area contributed by atoms with Crippen molar-refractivity contribution in [1.82, 2.24) is 14.5 Å². The summed E-state index contributed by atoms with van der Waals surface area (Å²) in [5, 5.41) is 3.02. The van der Waals surface area contributed by atoms with E-state index in [1.54, 1.807) is 12.5 Å². The third-order valence-electron chi connectivity index (χ3n) is 4.93. The van der Waals surface area contributed by atoms with Gasteiger partial charge in [0.1, 0.15) is 0 Å². The van der Waals surface area contributed by atoms with Crippen LogP contribution in [0, 0.1) is 0 Å². The van der Waals surface area contributed by atoms with Crippen molar-refractivity contribution < 1.29 is 4.79 Å². The highest BCUT2D eigenvalue weighted by molar-refractivity contribution is 6.04. The molecule has 0 bridgehead atoms. The Kier molecular flexibility index (Phi) is 5.30. The van der Waals surface area contributed by atoms with E-state index in [0.29, 0.717) is 5.56 Å². The van der Waals surface area contributed by atoms with Crippen molar-refractivity contribution in [3.05, 3.63) is 83.9 Å². The number of nitrogens with one attached hydrogen (secondary N) is 1. The Bertz CT molecular complexity index is 881. The van der Waals surface area contributed by atoms with Crippen LogP contribution in [0.1, 0.15) is 34.3 Å². The first-order chi connectivity index (χ1) is 13.3. The SMILES string of the molecule is O=C(Nc1cccc(CN2CCCC2)c1)c1ccc(Cn2ccnc2)cc1. The fourth-order valence-corrected chi connectivity index (χ4v) is 3.50. The molecule has 1 N–H and O–H groups in total. The number of carbonyl (C=O) groups is 1. The predicted molar refractivity (Wildman–Crippen MR) is 107 cm³/mol. The van der Waals surface area contributed by atoms with E-state index in [-0.39, 0.29) is 5.91 Å². The molecule has 0 radical (unpaired) electrons. The van der Waals surface area contributed by atoms with Crippen LogP contribution in [0.4, 0.5) is 5.69 Å². The van der Waals surface area contributed by atoms with Crippen LogP contribution in [0.5, 0.6) is 0 Å². The van der Waals surface area contributed by atoms with Crippen molar-refractivity contribution in [2.75, 3.05) is 18.4 Å². The summed E-state index contributed by atoms with van der Waals surface area (Å²) < 4.78 is 2.00. The standard InChI is InChI=1S/C22H24N4O/c27-22(20-8-6-18(7-9-20)15-26-13-10-23-17-26)24-21-5-3-4-19(14-21)16-25-11-1-2-12-25/h3-10,13-14,17H,1-2,11-12,15-16H2,(H,24,27). The molecule has 1 aromatic heterocycles. The number of anilines is 1. The molecule has 5 nitrogen and oxygen atoms in total. The lowest BCUT2D eigenvalue weighted by Crippen LogP contribution is -2.18. The van der Waals surface area contributed by atoms with Crippen molar-refractivity contribution in [3.8, 4) is 0 Å². The van der Waals surface area contributed by atoms with E-state index in [0.717, 1.165) is 24.3 Å². The quantitative estimate of drug-likeness (QED) is 0.728. The molecule has 5 heteroatoms. The highest BCUT2D eigenvalue weighted by Crippen LogP contribution is 2.17. The first-order valence-electron chi connectivity index (χ1n) is 9.44. The first-order valence-corrected chi connectivity index (χ1v) is 9.44. The Labute approximate surface area is 159 Å². The van der Waals surface area contributed by atoms with Crippen LogP contribution in [0.25, 0.3) is 0 Å². The van der Waals surface area contributed by atoms with Crippen molar-refractivity contribution >= 4 is 11.6 Å². The highest BCUT2D eigenvalue weighted by atomic mass is 16.1. The molecule has 0 atom stereocenters. The Morgan fingerprint density at radius 1 is 1.00 bits per heavy atom. The molecule has 2 aromatic carbocycles. The van der Waals surface area contributed by atoms with Crippen LogP contribution in [0.2, 0.25) is 0 Å². The zero-order valence-electron chi connectivity index (χ0n) is 15.3. The van der Waals surface area contributed by atoms with Crippen LogP contribution in [-0.4, -0.2) is 33.4 Å². The largest absolute Gasteiger partial charge is 0.333 e. The average molecular weight is 360 g/mol. The van der Waals surface area contributed by atoms with E-state index < -0.39 is 0 Å². The lowest BCUT2D eigenvalue weighted by Gasteiger charge is -2.15. The summed E-state index contributed by atoms with van der Waals surface area (Å²) >= 11 is 0. The molecule has 1 fully saturated rings. The van der Waals surface area contributed by atoms with Gasteiger partial charge in [0.15, 0.2) is 0 Å². The van der Waals surface area contributed by atoms with E-state index in [2.05, 4.69) is 27.3 Å². The van der Waals surface area contributed by atoms with Crippen LogP contribution >= 0.6 is 0 Å². The second kappa shape index (κ2) is 8.18. The van der Waals surface area contributed by atoms with Crippen molar-refractivity contribution in [2.24, 2.45) is 0 Å². The smallest absolute Gasteiger partial charge is 0.255 e. The number of hydrogen-bond donors (Lipinski definition) is 1. The lowest BCUT2D eigenvalue weighted by molar-refractivity contribution is 0.102.